The van der Waals surface area contributed by atoms with Crippen LogP contribution in [0.3, 0.4) is 0 Å². The maximum absolute atomic E-state index is 11.4. The molecule has 124 valence electrons. The first kappa shape index (κ1) is 16.0. The minimum atomic E-state index is -0.479. The van der Waals surface area contributed by atoms with Gasteiger partial charge in [-0.2, -0.15) is 0 Å². The lowest BCUT2D eigenvalue weighted by molar-refractivity contribution is -0.383. The van der Waals surface area contributed by atoms with E-state index in [0.717, 1.165) is 18.8 Å². The monoisotopic (exact) mass is 325 g/mol. The number of ketones is 1. The Balaban J connectivity index is 1.82. The molecule has 0 aromatic heterocycles. The highest BCUT2D eigenvalue weighted by Crippen LogP contribution is 2.30. The highest BCUT2D eigenvalue weighted by Gasteiger charge is 2.17. The molecule has 1 heterocycles. The van der Waals surface area contributed by atoms with E-state index < -0.39 is 4.92 Å². The standard InChI is InChI=1S/C18H19N3O3/c1-13(22)14-4-9-17(18(12-14)21(23)24)19-15-5-7-16(8-6-15)20-10-2-3-11-20/h4-9,12,19H,2-3,10-11H2,1H3. The zero-order valence-corrected chi connectivity index (χ0v) is 13.5. The Morgan fingerprint density at radius 2 is 1.79 bits per heavy atom. The number of hydrogen-bond donors (Lipinski definition) is 1. The number of carbonyl (C=O) groups is 1. The van der Waals surface area contributed by atoms with Gasteiger partial charge in [-0.3, -0.25) is 14.9 Å². The van der Waals surface area contributed by atoms with Gasteiger partial charge >= 0.3 is 0 Å². The van der Waals surface area contributed by atoms with Crippen LogP contribution in [-0.2, 0) is 0 Å². The molecule has 0 amide bonds. The van der Waals surface area contributed by atoms with Crippen molar-refractivity contribution in [1.82, 2.24) is 0 Å². The summed E-state index contributed by atoms with van der Waals surface area (Å²) in [5.74, 6) is -0.195. The van der Waals surface area contributed by atoms with E-state index in [2.05, 4.69) is 10.2 Å². The number of nitro benzene ring substituents is 1. The zero-order chi connectivity index (χ0) is 17.1. The number of hydrogen-bond acceptors (Lipinski definition) is 5. The van der Waals surface area contributed by atoms with Gasteiger partial charge in [-0.25, -0.2) is 0 Å². The van der Waals surface area contributed by atoms with Crippen LogP contribution in [0.1, 0.15) is 30.1 Å². The molecule has 3 rings (SSSR count). The molecule has 0 bridgehead atoms. The van der Waals surface area contributed by atoms with Gasteiger partial charge in [0.1, 0.15) is 5.69 Å². The quantitative estimate of drug-likeness (QED) is 0.508. The maximum atomic E-state index is 11.4. The van der Waals surface area contributed by atoms with E-state index in [0.29, 0.717) is 11.3 Å². The summed E-state index contributed by atoms with van der Waals surface area (Å²) in [6.07, 6.45) is 2.43. The van der Waals surface area contributed by atoms with E-state index in [1.807, 2.05) is 24.3 Å². The van der Waals surface area contributed by atoms with Crippen LogP contribution in [0.4, 0.5) is 22.7 Å². The van der Waals surface area contributed by atoms with E-state index in [1.54, 1.807) is 12.1 Å². The molecule has 1 saturated heterocycles. The van der Waals surface area contributed by atoms with E-state index in [9.17, 15) is 14.9 Å². The van der Waals surface area contributed by atoms with Crippen LogP contribution in [0.15, 0.2) is 42.5 Å². The van der Waals surface area contributed by atoms with Crippen molar-refractivity contribution in [2.45, 2.75) is 19.8 Å². The average molecular weight is 325 g/mol. The van der Waals surface area contributed by atoms with Crippen molar-refractivity contribution in [2.24, 2.45) is 0 Å². The molecular formula is C18H19N3O3. The number of rotatable bonds is 5. The molecule has 24 heavy (non-hydrogen) atoms. The first-order valence-electron chi connectivity index (χ1n) is 7.96. The van der Waals surface area contributed by atoms with Gasteiger partial charge in [0.05, 0.1) is 4.92 Å². The SMILES string of the molecule is CC(=O)c1ccc(Nc2ccc(N3CCCC3)cc2)c([N+](=O)[O-])c1. The second kappa shape index (κ2) is 6.70. The minimum Gasteiger partial charge on any atom is -0.372 e. The second-order valence-electron chi connectivity index (χ2n) is 5.91. The maximum Gasteiger partial charge on any atom is 0.293 e. The van der Waals surface area contributed by atoms with Gasteiger partial charge in [-0.1, -0.05) is 0 Å². The van der Waals surface area contributed by atoms with Crippen LogP contribution in [0.25, 0.3) is 0 Å². The molecule has 1 fully saturated rings. The summed E-state index contributed by atoms with van der Waals surface area (Å²) in [6, 6.07) is 12.3. The smallest absolute Gasteiger partial charge is 0.293 e. The van der Waals surface area contributed by atoms with Crippen LogP contribution < -0.4 is 10.2 Å². The van der Waals surface area contributed by atoms with Gasteiger partial charge in [0.15, 0.2) is 5.78 Å². The van der Waals surface area contributed by atoms with Crippen molar-refractivity contribution in [3.05, 3.63) is 58.1 Å². The molecule has 2 aromatic carbocycles. The van der Waals surface area contributed by atoms with Gasteiger partial charge in [0.25, 0.3) is 5.69 Å². The molecule has 6 heteroatoms. The van der Waals surface area contributed by atoms with Crippen LogP contribution in [-0.4, -0.2) is 23.8 Å². The molecule has 0 atom stereocenters. The molecule has 0 radical (unpaired) electrons. The van der Waals surface area contributed by atoms with E-state index in [1.165, 1.54) is 31.5 Å². The molecule has 6 nitrogen and oxygen atoms in total. The number of nitrogens with zero attached hydrogens (tertiary/aromatic N) is 2. The van der Waals surface area contributed by atoms with Gasteiger partial charge in [0, 0.05) is 36.1 Å². The number of nitrogens with one attached hydrogen (secondary N) is 1. The Kier molecular flexibility index (Phi) is 4.46. The summed E-state index contributed by atoms with van der Waals surface area (Å²) in [6.45, 7) is 3.54. The third-order valence-electron chi connectivity index (χ3n) is 4.22. The van der Waals surface area contributed by atoms with E-state index in [-0.39, 0.29) is 11.5 Å². The van der Waals surface area contributed by atoms with Gasteiger partial charge in [-0.05, 0) is 56.2 Å². The largest absolute Gasteiger partial charge is 0.372 e. The summed E-state index contributed by atoms with van der Waals surface area (Å²) in [5, 5.41) is 14.3. The third kappa shape index (κ3) is 3.37. The van der Waals surface area contributed by atoms with Crippen LogP contribution in [0.5, 0.6) is 0 Å². The number of Topliss-reactive ketones (excluding diaryl/α,β-unsaturated/α-hetero) is 1. The first-order chi connectivity index (χ1) is 11.5. The topological polar surface area (TPSA) is 75.5 Å². The van der Waals surface area contributed by atoms with Crippen LogP contribution >= 0.6 is 0 Å². The fourth-order valence-corrected chi connectivity index (χ4v) is 2.89. The normalized spacial score (nSPS) is 13.8. The van der Waals surface area contributed by atoms with Crippen molar-refractivity contribution in [3.63, 3.8) is 0 Å². The van der Waals surface area contributed by atoms with Crippen molar-refractivity contribution in [1.29, 1.82) is 0 Å². The summed E-state index contributed by atoms with van der Waals surface area (Å²) >= 11 is 0. The number of anilines is 3. The van der Waals surface area contributed by atoms with Crippen molar-refractivity contribution in [3.8, 4) is 0 Å². The summed E-state index contributed by atoms with van der Waals surface area (Å²) in [4.78, 5) is 24.5. The lowest BCUT2D eigenvalue weighted by Gasteiger charge is -2.18. The van der Waals surface area contributed by atoms with Gasteiger partial charge in [-0.15, -0.1) is 0 Å². The summed E-state index contributed by atoms with van der Waals surface area (Å²) in [7, 11) is 0. The Morgan fingerprint density at radius 1 is 1.12 bits per heavy atom. The molecule has 1 aliphatic rings. The average Bonchev–Trinajstić information content (AvgIpc) is 3.10. The molecule has 0 saturated carbocycles. The van der Waals surface area contributed by atoms with Crippen LogP contribution in [0, 0.1) is 10.1 Å². The Bertz CT molecular complexity index is 766. The molecule has 2 aromatic rings. The predicted molar refractivity (Wildman–Crippen MR) is 94.3 cm³/mol. The van der Waals surface area contributed by atoms with Crippen LogP contribution in [0.2, 0.25) is 0 Å². The number of nitro groups is 1. The van der Waals surface area contributed by atoms with Crippen molar-refractivity contribution < 1.29 is 9.72 Å². The Hall–Kier alpha value is -2.89. The minimum absolute atomic E-state index is 0.105. The van der Waals surface area contributed by atoms with E-state index in [4.69, 9.17) is 0 Å². The molecule has 0 unspecified atom stereocenters. The zero-order valence-electron chi connectivity index (χ0n) is 13.5. The lowest BCUT2D eigenvalue weighted by atomic mass is 10.1. The van der Waals surface area contributed by atoms with Gasteiger partial charge < -0.3 is 10.2 Å². The molecular weight excluding hydrogens is 306 g/mol. The predicted octanol–water partition coefficient (Wildman–Crippen LogP) is 4.14. The fourth-order valence-electron chi connectivity index (χ4n) is 2.89. The summed E-state index contributed by atoms with van der Waals surface area (Å²) < 4.78 is 0. The highest BCUT2D eigenvalue weighted by atomic mass is 16.6. The highest BCUT2D eigenvalue weighted by molar-refractivity contribution is 5.95. The second-order valence-corrected chi connectivity index (χ2v) is 5.91. The fraction of sp³-hybridized carbons (Fsp3) is 0.278. The Morgan fingerprint density at radius 3 is 2.38 bits per heavy atom. The molecule has 1 N–H and O–H groups in total. The summed E-state index contributed by atoms with van der Waals surface area (Å²) in [5.41, 5.74) is 2.54. The molecule has 1 aliphatic heterocycles. The number of benzene rings is 2. The Labute approximate surface area is 140 Å². The first-order valence-corrected chi connectivity index (χ1v) is 7.96. The third-order valence-corrected chi connectivity index (χ3v) is 4.22. The molecule has 0 spiro atoms. The van der Waals surface area contributed by atoms with Crippen molar-refractivity contribution >= 4 is 28.5 Å². The molecule has 0 aliphatic carbocycles. The van der Waals surface area contributed by atoms with Crippen molar-refractivity contribution in [2.75, 3.05) is 23.3 Å². The van der Waals surface area contributed by atoms with Gasteiger partial charge in [0.2, 0.25) is 0 Å². The number of carbonyl (C=O) groups excluding carboxylic acids is 1. The lowest BCUT2D eigenvalue weighted by Crippen LogP contribution is -2.17. The van der Waals surface area contributed by atoms with E-state index >= 15 is 0 Å².